The van der Waals surface area contributed by atoms with E-state index in [0.29, 0.717) is 13.1 Å². The summed E-state index contributed by atoms with van der Waals surface area (Å²) in [5.41, 5.74) is 2.06. The zero-order chi connectivity index (χ0) is 18.4. The highest BCUT2D eigenvalue weighted by Gasteiger charge is 2.19. The van der Waals surface area contributed by atoms with Gasteiger partial charge in [-0.3, -0.25) is 9.69 Å². The molecular weight excluding hydrogens is 331 g/mol. The van der Waals surface area contributed by atoms with Gasteiger partial charge in [-0.25, -0.2) is 4.39 Å². The molecule has 5 heteroatoms. The molecule has 2 aromatic rings. The van der Waals surface area contributed by atoms with Crippen molar-refractivity contribution < 1.29 is 13.9 Å². The Morgan fingerprint density at radius 3 is 2.31 bits per heavy atom. The Bertz CT molecular complexity index is 749. The number of benzene rings is 2. The lowest BCUT2D eigenvalue weighted by Gasteiger charge is -2.34. The fourth-order valence-corrected chi connectivity index (χ4v) is 2.96. The van der Waals surface area contributed by atoms with Crippen LogP contribution in [0.1, 0.15) is 11.1 Å². The van der Waals surface area contributed by atoms with Crippen LogP contribution in [0.15, 0.2) is 54.6 Å². The number of carbonyl (C=O) groups excluding carboxylic acids is 1. The third-order valence-corrected chi connectivity index (χ3v) is 4.54. The van der Waals surface area contributed by atoms with E-state index in [1.165, 1.54) is 17.7 Å². The lowest BCUT2D eigenvalue weighted by atomic mass is 10.2. The summed E-state index contributed by atoms with van der Waals surface area (Å²) in [7, 11) is 1.66. The van der Waals surface area contributed by atoms with Crippen LogP contribution in [0.5, 0.6) is 5.75 Å². The van der Waals surface area contributed by atoms with E-state index in [-0.39, 0.29) is 11.7 Å². The van der Waals surface area contributed by atoms with Gasteiger partial charge in [-0.15, -0.1) is 0 Å². The molecule has 0 bridgehead atoms. The predicted molar refractivity (Wildman–Crippen MR) is 100 cm³/mol. The number of ether oxygens (including phenoxy) is 1. The largest absolute Gasteiger partial charge is 0.497 e. The molecule has 1 aliphatic rings. The molecule has 0 saturated carbocycles. The van der Waals surface area contributed by atoms with Crippen LogP contribution in [0.25, 0.3) is 6.08 Å². The van der Waals surface area contributed by atoms with Gasteiger partial charge in [0.05, 0.1) is 7.11 Å². The van der Waals surface area contributed by atoms with E-state index in [1.54, 1.807) is 31.4 Å². The van der Waals surface area contributed by atoms with Gasteiger partial charge < -0.3 is 9.64 Å². The van der Waals surface area contributed by atoms with Crippen molar-refractivity contribution in [1.82, 2.24) is 9.80 Å². The highest BCUT2D eigenvalue weighted by atomic mass is 19.1. The van der Waals surface area contributed by atoms with Gasteiger partial charge >= 0.3 is 0 Å². The molecule has 1 amide bonds. The molecule has 4 nitrogen and oxygen atoms in total. The van der Waals surface area contributed by atoms with Gasteiger partial charge in [-0.05, 0) is 41.5 Å². The number of methoxy groups -OCH3 is 1. The Labute approximate surface area is 153 Å². The minimum Gasteiger partial charge on any atom is -0.497 e. The first-order valence-electron chi connectivity index (χ1n) is 8.72. The van der Waals surface area contributed by atoms with Gasteiger partial charge in [0.1, 0.15) is 11.6 Å². The van der Waals surface area contributed by atoms with E-state index in [1.807, 2.05) is 17.0 Å². The molecule has 2 aromatic carbocycles. The third-order valence-electron chi connectivity index (χ3n) is 4.54. The fourth-order valence-electron chi connectivity index (χ4n) is 2.96. The van der Waals surface area contributed by atoms with Crippen LogP contribution in [0.2, 0.25) is 0 Å². The second kappa shape index (κ2) is 8.63. The molecule has 0 atom stereocenters. The number of hydrogen-bond acceptors (Lipinski definition) is 3. The van der Waals surface area contributed by atoms with Crippen LogP contribution in [0.3, 0.4) is 0 Å². The van der Waals surface area contributed by atoms with E-state index in [0.717, 1.165) is 30.9 Å². The van der Waals surface area contributed by atoms with E-state index in [4.69, 9.17) is 4.74 Å². The van der Waals surface area contributed by atoms with Crippen LogP contribution < -0.4 is 4.74 Å². The Morgan fingerprint density at radius 2 is 1.69 bits per heavy atom. The maximum atomic E-state index is 12.9. The van der Waals surface area contributed by atoms with Crippen molar-refractivity contribution >= 4 is 12.0 Å². The molecule has 0 spiro atoms. The zero-order valence-electron chi connectivity index (χ0n) is 14.9. The monoisotopic (exact) mass is 354 g/mol. The third kappa shape index (κ3) is 4.92. The Hall–Kier alpha value is -2.66. The number of hydrogen-bond donors (Lipinski definition) is 0. The molecule has 1 fully saturated rings. The van der Waals surface area contributed by atoms with Gasteiger partial charge in [0.25, 0.3) is 0 Å². The molecule has 0 radical (unpaired) electrons. The average Bonchev–Trinajstić information content (AvgIpc) is 2.68. The SMILES string of the molecule is COc1ccc(CN2CCN(C(=O)/C=C/c3ccc(F)cc3)CC2)cc1. The molecule has 1 aliphatic heterocycles. The summed E-state index contributed by atoms with van der Waals surface area (Å²) < 4.78 is 18.1. The molecule has 0 aromatic heterocycles. The van der Waals surface area contributed by atoms with Crippen molar-refractivity contribution in [3.8, 4) is 5.75 Å². The highest BCUT2D eigenvalue weighted by molar-refractivity contribution is 5.91. The lowest BCUT2D eigenvalue weighted by Crippen LogP contribution is -2.47. The lowest BCUT2D eigenvalue weighted by molar-refractivity contribution is -0.127. The van der Waals surface area contributed by atoms with Crippen molar-refractivity contribution in [2.75, 3.05) is 33.3 Å². The number of nitrogens with zero attached hydrogens (tertiary/aromatic N) is 2. The molecule has 1 heterocycles. The van der Waals surface area contributed by atoms with Crippen LogP contribution in [0, 0.1) is 5.82 Å². The molecule has 136 valence electrons. The van der Waals surface area contributed by atoms with E-state index < -0.39 is 0 Å². The number of carbonyl (C=O) groups is 1. The maximum absolute atomic E-state index is 12.9. The van der Waals surface area contributed by atoms with Gasteiger partial charge in [0.2, 0.25) is 5.91 Å². The molecule has 0 N–H and O–H groups in total. The summed E-state index contributed by atoms with van der Waals surface area (Å²) >= 11 is 0. The number of rotatable bonds is 5. The van der Waals surface area contributed by atoms with E-state index in [2.05, 4.69) is 17.0 Å². The molecule has 1 saturated heterocycles. The molecule has 0 aliphatic carbocycles. The highest BCUT2D eigenvalue weighted by Crippen LogP contribution is 2.14. The second-order valence-electron chi connectivity index (χ2n) is 6.33. The maximum Gasteiger partial charge on any atom is 0.246 e. The smallest absolute Gasteiger partial charge is 0.246 e. The molecule has 26 heavy (non-hydrogen) atoms. The van der Waals surface area contributed by atoms with Crippen LogP contribution in [-0.2, 0) is 11.3 Å². The first-order chi connectivity index (χ1) is 12.6. The van der Waals surface area contributed by atoms with Crippen LogP contribution in [-0.4, -0.2) is 49.0 Å². The fraction of sp³-hybridized carbons (Fsp3) is 0.286. The molecule has 3 rings (SSSR count). The quantitative estimate of drug-likeness (QED) is 0.773. The summed E-state index contributed by atoms with van der Waals surface area (Å²) in [6.07, 6.45) is 3.29. The predicted octanol–water partition coefficient (Wildman–Crippen LogP) is 3.19. The van der Waals surface area contributed by atoms with Crippen molar-refractivity contribution in [3.05, 3.63) is 71.6 Å². The van der Waals surface area contributed by atoms with Crippen LogP contribution in [0.4, 0.5) is 4.39 Å². The average molecular weight is 354 g/mol. The standard InChI is InChI=1S/C21H23FN2O2/c1-26-20-9-4-18(5-10-20)16-23-12-14-24(15-13-23)21(25)11-6-17-2-7-19(22)8-3-17/h2-11H,12-16H2,1H3/b11-6+. The number of amides is 1. The Balaban J connectivity index is 1.47. The van der Waals surface area contributed by atoms with Gasteiger partial charge in [0, 0.05) is 38.8 Å². The normalized spacial score (nSPS) is 15.4. The first-order valence-corrected chi connectivity index (χ1v) is 8.72. The minimum atomic E-state index is -0.276. The van der Waals surface area contributed by atoms with E-state index in [9.17, 15) is 9.18 Å². The summed E-state index contributed by atoms with van der Waals surface area (Å²) in [5.74, 6) is 0.581. The summed E-state index contributed by atoms with van der Waals surface area (Å²) in [4.78, 5) is 16.5. The molecule has 0 unspecified atom stereocenters. The van der Waals surface area contributed by atoms with Crippen LogP contribution >= 0.6 is 0 Å². The summed E-state index contributed by atoms with van der Waals surface area (Å²) in [6.45, 7) is 3.99. The van der Waals surface area contributed by atoms with Crippen molar-refractivity contribution in [2.45, 2.75) is 6.54 Å². The summed E-state index contributed by atoms with van der Waals surface area (Å²) in [6, 6.07) is 14.2. The van der Waals surface area contributed by atoms with E-state index >= 15 is 0 Å². The minimum absolute atomic E-state index is 0.00146. The molecular formula is C21H23FN2O2. The van der Waals surface area contributed by atoms with Crippen molar-refractivity contribution in [1.29, 1.82) is 0 Å². The van der Waals surface area contributed by atoms with Gasteiger partial charge in [-0.2, -0.15) is 0 Å². The first kappa shape index (κ1) is 18.1. The second-order valence-corrected chi connectivity index (χ2v) is 6.33. The van der Waals surface area contributed by atoms with Crippen molar-refractivity contribution in [2.24, 2.45) is 0 Å². The van der Waals surface area contributed by atoms with Gasteiger partial charge in [-0.1, -0.05) is 24.3 Å². The topological polar surface area (TPSA) is 32.8 Å². The zero-order valence-corrected chi connectivity index (χ0v) is 14.9. The summed E-state index contributed by atoms with van der Waals surface area (Å²) in [5, 5.41) is 0. The van der Waals surface area contributed by atoms with Crippen molar-refractivity contribution in [3.63, 3.8) is 0 Å². The van der Waals surface area contributed by atoms with Gasteiger partial charge in [0.15, 0.2) is 0 Å². The number of piperazine rings is 1. The Kier molecular flexibility index (Phi) is 6.02. The number of halogens is 1. The Morgan fingerprint density at radius 1 is 1.04 bits per heavy atom.